The second kappa shape index (κ2) is 7.22. The van der Waals surface area contributed by atoms with Crippen LogP contribution in [0.2, 0.25) is 0 Å². The molecule has 0 heterocycles. The molecule has 3 N–H and O–H groups in total. The van der Waals surface area contributed by atoms with Crippen LogP contribution in [0.25, 0.3) is 0 Å². The summed E-state index contributed by atoms with van der Waals surface area (Å²) in [6.45, 7) is 4.92. The van der Waals surface area contributed by atoms with Crippen molar-refractivity contribution in [2.75, 3.05) is 39.7 Å². The van der Waals surface area contributed by atoms with E-state index in [4.69, 9.17) is 5.84 Å². The largest absolute Gasteiger partial charge is 0.324 e. The predicted octanol–water partition coefficient (Wildman–Crippen LogP) is 1.16. The third-order valence-electron chi connectivity index (χ3n) is 3.37. The molecule has 0 aromatic heterocycles. The molecule has 0 bridgehead atoms. The molecule has 1 aromatic carbocycles. The molecule has 0 aliphatic rings. The van der Waals surface area contributed by atoms with Crippen molar-refractivity contribution < 1.29 is 8.42 Å². The minimum absolute atomic E-state index is 0.369. The van der Waals surface area contributed by atoms with Crippen molar-refractivity contribution in [3.63, 3.8) is 0 Å². The smallest absolute Gasteiger partial charge is 0.243 e. The molecule has 0 unspecified atom stereocenters. The second-order valence-corrected chi connectivity index (χ2v) is 7.55. The molecular weight excluding hydrogens is 288 g/mol. The molecule has 7 heteroatoms. The third kappa shape index (κ3) is 4.41. The second-order valence-electron chi connectivity index (χ2n) is 5.57. The quantitative estimate of drug-likeness (QED) is 0.583. The van der Waals surface area contributed by atoms with Crippen LogP contribution >= 0.6 is 0 Å². The molecular formula is C14H26N4O2S. The molecule has 0 atom stereocenters. The summed E-state index contributed by atoms with van der Waals surface area (Å²) in [5.74, 6) is 5.39. The van der Waals surface area contributed by atoms with Crippen LogP contribution in [0, 0.1) is 13.8 Å². The lowest BCUT2D eigenvalue weighted by Crippen LogP contribution is -2.31. The number of nitrogens with zero attached hydrogens (tertiary/aromatic N) is 2. The maximum absolute atomic E-state index is 12.7. The van der Waals surface area contributed by atoms with Crippen molar-refractivity contribution >= 4 is 15.7 Å². The van der Waals surface area contributed by atoms with Gasteiger partial charge in [-0.3, -0.25) is 5.84 Å². The summed E-state index contributed by atoms with van der Waals surface area (Å²) < 4.78 is 26.8. The molecule has 1 aromatic rings. The number of rotatable bonds is 7. The summed E-state index contributed by atoms with van der Waals surface area (Å²) in [4.78, 5) is 2.41. The number of anilines is 1. The van der Waals surface area contributed by atoms with E-state index >= 15 is 0 Å². The molecule has 0 amide bonds. The summed E-state index contributed by atoms with van der Waals surface area (Å²) in [6, 6.07) is 3.49. The minimum atomic E-state index is -3.48. The van der Waals surface area contributed by atoms with Gasteiger partial charge in [0.05, 0.1) is 4.90 Å². The molecule has 0 radical (unpaired) electrons. The zero-order valence-electron chi connectivity index (χ0n) is 13.5. The summed E-state index contributed by atoms with van der Waals surface area (Å²) in [5.41, 5.74) is 4.65. The van der Waals surface area contributed by atoms with E-state index < -0.39 is 10.0 Å². The summed E-state index contributed by atoms with van der Waals surface area (Å²) >= 11 is 0. The highest BCUT2D eigenvalue weighted by atomic mass is 32.2. The van der Waals surface area contributed by atoms with E-state index in [1.165, 1.54) is 4.31 Å². The lowest BCUT2D eigenvalue weighted by Gasteiger charge is -2.21. The van der Waals surface area contributed by atoms with Crippen LogP contribution in [0.4, 0.5) is 5.69 Å². The van der Waals surface area contributed by atoms with Crippen LogP contribution in [-0.2, 0) is 10.0 Å². The number of hydrazine groups is 1. The Labute approximate surface area is 127 Å². The van der Waals surface area contributed by atoms with E-state index in [2.05, 4.69) is 5.43 Å². The highest BCUT2D eigenvalue weighted by Crippen LogP contribution is 2.26. The van der Waals surface area contributed by atoms with Crippen molar-refractivity contribution in [1.82, 2.24) is 9.21 Å². The first-order chi connectivity index (χ1) is 9.70. The highest BCUT2D eigenvalue weighted by molar-refractivity contribution is 7.89. The molecule has 0 saturated carbocycles. The van der Waals surface area contributed by atoms with E-state index in [0.717, 1.165) is 13.0 Å². The van der Waals surface area contributed by atoms with E-state index in [0.29, 0.717) is 28.3 Å². The lowest BCUT2D eigenvalue weighted by atomic mass is 10.1. The SMILES string of the molecule is Cc1cc(NN)cc(C)c1S(=O)(=O)N(C)CCCN(C)C. The number of sulfonamides is 1. The zero-order valence-corrected chi connectivity index (χ0v) is 14.3. The fourth-order valence-corrected chi connectivity index (χ4v) is 3.94. The Morgan fingerprint density at radius 2 is 1.62 bits per heavy atom. The molecule has 1 rings (SSSR count). The normalized spacial score (nSPS) is 12.2. The summed E-state index contributed by atoms with van der Waals surface area (Å²) in [5, 5.41) is 0. The van der Waals surface area contributed by atoms with E-state index in [1.807, 2.05) is 19.0 Å². The third-order valence-corrected chi connectivity index (χ3v) is 5.54. The fourth-order valence-electron chi connectivity index (χ4n) is 2.33. The first kappa shape index (κ1) is 17.9. The zero-order chi connectivity index (χ0) is 16.2. The number of aryl methyl sites for hydroxylation is 2. The highest BCUT2D eigenvalue weighted by Gasteiger charge is 2.24. The Kier molecular flexibility index (Phi) is 6.15. The van der Waals surface area contributed by atoms with E-state index in [9.17, 15) is 8.42 Å². The van der Waals surface area contributed by atoms with Gasteiger partial charge in [-0.25, -0.2) is 12.7 Å². The summed E-state index contributed by atoms with van der Waals surface area (Å²) in [7, 11) is 2.09. The van der Waals surface area contributed by atoms with Gasteiger partial charge in [0.2, 0.25) is 10.0 Å². The molecule has 120 valence electrons. The van der Waals surface area contributed by atoms with Gasteiger partial charge in [-0.2, -0.15) is 0 Å². The number of nitrogens with one attached hydrogen (secondary N) is 1. The van der Waals surface area contributed by atoms with Gasteiger partial charge in [0.25, 0.3) is 0 Å². The number of nitrogen functional groups attached to an aromatic ring is 1. The Balaban J connectivity index is 3.02. The fraction of sp³-hybridized carbons (Fsp3) is 0.571. The maximum Gasteiger partial charge on any atom is 0.243 e. The first-order valence-electron chi connectivity index (χ1n) is 6.89. The first-order valence-corrected chi connectivity index (χ1v) is 8.33. The van der Waals surface area contributed by atoms with Crippen LogP contribution < -0.4 is 11.3 Å². The monoisotopic (exact) mass is 314 g/mol. The van der Waals surface area contributed by atoms with Gasteiger partial charge in [-0.15, -0.1) is 0 Å². The number of hydrogen-bond donors (Lipinski definition) is 2. The van der Waals surface area contributed by atoms with Crippen LogP contribution in [-0.4, -0.2) is 51.9 Å². The number of nitrogens with two attached hydrogens (primary N) is 1. The average molecular weight is 314 g/mol. The van der Waals surface area contributed by atoms with Gasteiger partial charge < -0.3 is 10.3 Å². The van der Waals surface area contributed by atoms with Crippen molar-refractivity contribution in [2.24, 2.45) is 5.84 Å². The topological polar surface area (TPSA) is 78.7 Å². The predicted molar refractivity (Wildman–Crippen MR) is 86.7 cm³/mol. The Morgan fingerprint density at radius 1 is 1.10 bits per heavy atom. The Morgan fingerprint density at radius 3 is 2.05 bits per heavy atom. The standard InChI is InChI=1S/C14H26N4O2S/c1-11-9-13(16-15)10-12(2)14(11)21(19,20)18(5)8-6-7-17(3)4/h9-10,16H,6-8,15H2,1-5H3. The van der Waals surface area contributed by atoms with Crippen LogP contribution in [0.5, 0.6) is 0 Å². The van der Waals surface area contributed by atoms with Gasteiger partial charge in [-0.05, 0) is 64.2 Å². The molecule has 0 fully saturated rings. The van der Waals surface area contributed by atoms with Crippen LogP contribution in [0.3, 0.4) is 0 Å². The van der Waals surface area contributed by atoms with Gasteiger partial charge in [-0.1, -0.05) is 0 Å². The molecule has 6 nitrogen and oxygen atoms in total. The minimum Gasteiger partial charge on any atom is -0.324 e. The summed E-state index contributed by atoms with van der Waals surface area (Å²) in [6.07, 6.45) is 0.795. The van der Waals surface area contributed by atoms with Crippen LogP contribution in [0.15, 0.2) is 17.0 Å². The lowest BCUT2D eigenvalue weighted by molar-refractivity contribution is 0.370. The number of benzene rings is 1. The molecule has 0 spiro atoms. The number of hydrogen-bond acceptors (Lipinski definition) is 5. The van der Waals surface area contributed by atoms with E-state index in [1.54, 1.807) is 33.0 Å². The van der Waals surface area contributed by atoms with Crippen LogP contribution in [0.1, 0.15) is 17.5 Å². The molecule has 21 heavy (non-hydrogen) atoms. The Hall–Kier alpha value is -1.15. The molecule has 0 saturated heterocycles. The van der Waals surface area contributed by atoms with Gasteiger partial charge in [0.1, 0.15) is 0 Å². The Bertz CT molecular complexity index is 562. The van der Waals surface area contributed by atoms with Crippen molar-refractivity contribution in [2.45, 2.75) is 25.2 Å². The van der Waals surface area contributed by atoms with E-state index in [-0.39, 0.29) is 0 Å². The van der Waals surface area contributed by atoms with Gasteiger partial charge >= 0.3 is 0 Å². The van der Waals surface area contributed by atoms with Crippen molar-refractivity contribution in [3.05, 3.63) is 23.3 Å². The molecule has 0 aliphatic carbocycles. The van der Waals surface area contributed by atoms with Crippen molar-refractivity contribution in [1.29, 1.82) is 0 Å². The molecule has 0 aliphatic heterocycles. The van der Waals surface area contributed by atoms with Gasteiger partial charge in [0, 0.05) is 19.3 Å². The van der Waals surface area contributed by atoms with Crippen molar-refractivity contribution in [3.8, 4) is 0 Å². The van der Waals surface area contributed by atoms with Gasteiger partial charge in [0.15, 0.2) is 0 Å². The maximum atomic E-state index is 12.7. The average Bonchev–Trinajstić information content (AvgIpc) is 2.36.